The van der Waals surface area contributed by atoms with Crippen LogP contribution in [0.5, 0.6) is 0 Å². The quantitative estimate of drug-likeness (QED) is 0.436. The van der Waals surface area contributed by atoms with Gasteiger partial charge in [0.2, 0.25) is 0 Å². The molecular formula is C20H15N. The fraction of sp³-hybridized carbons (Fsp3) is 0.100. The van der Waals surface area contributed by atoms with Crippen molar-refractivity contribution in [1.82, 2.24) is 4.98 Å². The molecule has 1 heteroatoms. The molecule has 0 saturated heterocycles. The average molecular weight is 269 g/mol. The van der Waals surface area contributed by atoms with E-state index < -0.39 is 0 Å². The van der Waals surface area contributed by atoms with Crippen molar-refractivity contribution in [3.05, 3.63) is 71.8 Å². The first kappa shape index (κ1) is 11.2. The standard InChI is InChI=1S/C20H15N/c1-12-13-6-2-3-7-15(13)19-14(12)10-11-18-20(19)16-8-4-5-9-17(16)21-18/h2-12,21H,1H3. The van der Waals surface area contributed by atoms with Crippen molar-refractivity contribution in [2.75, 3.05) is 0 Å². The molecule has 21 heavy (non-hydrogen) atoms. The molecule has 0 aliphatic heterocycles. The number of hydrogen-bond acceptors (Lipinski definition) is 0. The summed E-state index contributed by atoms with van der Waals surface area (Å²) in [6, 6.07) is 21.9. The van der Waals surface area contributed by atoms with Crippen molar-refractivity contribution in [1.29, 1.82) is 0 Å². The third-order valence-corrected chi connectivity index (χ3v) is 4.87. The molecule has 1 heterocycles. The Balaban J connectivity index is 2.04. The van der Waals surface area contributed by atoms with Crippen molar-refractivity contribution < 1.29 is 0 Å². The lowest BCUT2D eigenvalue weighted by atomic mass is 9.97. The smallest absolute Gasteiger partial charge is 0.0471 e. The highest BCUT2D eigenvalue weighted by Gasteiger charge is 2.27. The molecule has 100 valence electrons. The monoisotopic (exact) mass is 269 g/mol. The SMILES string of the molecule is CC1c2ccccc2-c2c1ccc1[nH]c3ccccc3c21. The van der Waals surface area contributed by atoms with Crippen LogP contribution in [-0.2, 0) is 0 Å². The van der Waals surface area contributed by atoms with Gasteiger partial charge in [-0.2, -0.15) is 0 Å². The molecule has 1 aliphatic carbocycles. The Labute approximate surface area is 123 Å². The third kappa shape index (κ3) is 1.31. The average Bonchev–Trinajstić information content (AvgIpc) is 3.04. The van der Waals surface area contributed by atoms with E-state index in [9.17, 15) is 0 Å². The highest BCUT2D eigenvalue weighted by Crippen LogP contribution is 2.49. The van der Waals surface area contributed by atoms with Crippen molar-refractivity contribution in [2.45, 2.75) is 12.8 Å². The van der Waals surface area contributed by atoms with Crippen LogP contribution < -0.4 is 0 Å². The van der Waals surface area contributed by atoms with Gasteiger partial charge in [-0.25, -0.2) is 0 Å². The molecule has 0 fully saturated rings. The molecule has 3 aromatic carbocycles. The van der Waals surface area contributed by atoms with Gasteiger partial charge in [0, 0.05) is 27.7 Å². The van der Waals surface area contributed by atoms with Gasteiger partial charge < -0.3 is 4.98 Å². The minimum absolute atomic E-state index is 0.481. The van der Waals surface area contributed by atoms with Crippen molar-refractivity contribution in [3.63, 3.8) is 0 Å². The van der Waals surface area contributed by atoms with E-state index in [1.165, 1.54) is 44.1 Å². The molecular weight excluding hydrogens is 254 g/mol. The molecule has 0 spiro atoms. The number of fused-ring (bicyclic) bond motifs is 7. The lowest BCUT2D eigenvalue weighted by Crippen LogP contribution is -1.88. The number of aromatic amines is 1. The maximum Gasteiger partial charge on any atom is 0.0471 e. The molecule has 1 nitrogen and oxygen atoms in total. The van der Waals surface area contributed by atoms with Crippen LogP contribution in [0.4, 0.5) is 0 Å². The zero-order chi connectivity index (χ0) is 14.0. The zero-order valence-electron chi connectivity index (χ0n) is 11.9. The largest absolute Gasteiger partial charge is 0.354 e. The summed E-state index contributed by atoms with van der Waals surface area (Å²) in [7, 11) is 0. The molecule has 0 saturated carbocycles. The number of aromatic nitrogens is 1. The molecule has 5 rings (SSSR count). The fourth-order valence-electron chi connectivity index (χ4n) is 3.88. The van der Waals surface area contributed by atoms with Gasteiger partial charge in [-0.05, 0) is 34.4 Å². The van der Waals surface area contributed by atoms with Crippen molar-refractivity contribution in [3.8, 4) is 11.1 Å². The Kier molecular flexibility index (Phi) is 2.00. The molecule has 0 bridgehead atoms. The summed E-state index contributed by atoms with van der Waals surface area (Å²) < 4.78 is 0. The van der Waals surface area contributed by atoms with Crippen molar-refractivity contribution in [2.24, 2.45) is 0 Å². The van der Waals surface area contributed by atoms with Gasteiger partial charge in [0.05, 0.1) is 0 Å². The highest BCUT2D eigenvalue weighted by atomic mass is 14.7. The summed E-state index contributed by atoms with van der Waals surface area (Å²) in [5.41, 5.74) is 8.18. The highest BCUT2D eigenvalue weighted by molar-refractivity contribution is 6.16. The molecule has 1 aromatic heterocycles. The maximum atomic E-state index is 3.55. The number of benzene rings is 3. The van der Waals surface area contributed by atoms with E-state index in [2.05, 4.69) is 72.6 Å². The van der Waals surface area contributed by atoms with Crippen LogP contribution >= 0.6 is 0 Å². The van der Waals surface area contributed by atoms with Crippen LogP contribution in [-0.4, -0.2) is 4.98 Å². The molecule has 0 radical (unpaired) electrons. The molecule has 4 aromatic rings. The number of hydrogen-bond donors (Lipinski definition) is 1. The minimum Gasteiger partial charge on any atom is -0.354 e. The van der Waals surface area contributed by atoms with E-state index in [-0.39, 0.29) is 0 Å². The van der Waals surface area contributed by atoms with E-state index >= 15 is 0 Å². The summed E-state index contributed by atoms with van der Waals surface area (Å²) in [5, 5.41) is 2.70. The Morgan fingerprint density at radius 2 is 1.57 bits per heavy atom. The molecule has 1 N–H and O–H groups in total. The van der Waals surface area contributed by atoms with Gasteiger partial charge in [-0.3, -0.25) is 0 Å². The van der Waals surface area contributed by atoms with Crippen LogP contribution in [0.3, 0.4) is 0 Å². The second-order valence-electron chi connectivity index (χ2n) is 5.93. The topological polar surface area (TPSA) is 15.8 Å². The summed E-state index contributed by atoms with van der Waals surface area (Å²) in [5.74, 6) is 0.481. The second kappa shape index (κ2) is 3.76. The molecule has 1 unspecified atom stereocenters. The maximum absolute atomic E-state index is 3.55. The van der Waals surface area contributed by atoms with Crippen molar-refractivity contribution >= 4 is 21.8 Å². The van der Waals surface area contributed by atoms with Crippen LogP contribution in [0.15, 0.2) is 60.7 Å². The van der Waals surface area contributed by atoms with E-state index in [0.29, 0.717) is 5.92 Å². The van der Waals surface area contributed by atoms with E-state index in [1.54, 1.807) is 0 Å². The van der Waals surface area contributed by atoms with Gasteiger partial charge in [-0.15, -0.1) is 0 Å². The predicted molar refractivity (Wildman–Crippen MR) is 88.8 cm³/mol. The van der Waals surface area contributed by atoms with Gasteiger partial charge in [0.25, 0.3) is 0 Å². The van der Waals surface area contributed by atoms with E-state index in [1.807, 2.05) is 0 Å². The fourth-order valence-corrected chi connectivity index (χ4v) is 3.88. The summed E-state index contributed by atoms with van der Waals surface area (Å²) in [4.78, 5) is 3.55. The minimum atomic E-state index is 0.481. The van der Waals surface area contributed by atoms with Crippen LogP contribution in [0.25, 0.3) is 32.9 Å². The lowest BCUT2D eigenvalue weighted by molar-refractivity contribution is 0.958. The molecule has 1 atom stereocenters. The summed E-state index contributed by atoms with van der Waals surface area (Å²) in [6.45, 7) is 2.31. The van der Waals surface area contributed by atoms with Gasteiger partial charge in [0.1, 0.15) is 0 Å². The number of para-hydroxylation sites is 1. The number of nitrogens with one attached hydrogen (secondary N) is 1. The summed E-state index contributed by atoms with van der Waals surface area (Å²) in [6.07, 6.45) is 0. The van der Waals surface area contributed by atoms with Gasteiger partial charge >= 0.3 is 0 Å². The van der Waals surface area contributed by atoms with E-state index in [4.69, 9.17) is 0 Å². The normalized spacial score (nSPS) is 16.3. The zero-order valence-corrected chi connectivity index (χ0v) is 11.9. The first-order chi connectivity index (χ1) is 10.3. The Morgan fingerprint density at radius 3 is 2.52 bits per heavy atom. The first-order valence-electron chi connectivity index (χ1n) is 7.47. The summed E-state index contributed by atoms with van der Waals surface area (Å²) >= 11 is 0. The molecule has 1 aliphatic rings. The second-order valence-corrected chi connectivity index (χ2v) is 5.93. The Bertz CT molecular complexity index is 1010. The Morgan fingerprint density at radius 1 is 0.762 bits per heavy atom. The van der Waals surface area contributed by atoms with Gasteiger partial charge in [-0.1, -0.05) is 55.5 Å². The lowest BCUT2D eigenvalue weighted by Gasteiger charge is -2.06. The molecule has 0 amide bonds. The first-order valence-corrected chi connectivity index (χ1v) is 7.47. The van der Waals surface area contributed by atoms with E-state index in [0.717, 1.165) is 0 Å². The number of rotatable bonds is 0. The van der Waals surface area contributed by atoms with Crippen LogP contribution in [0.2, 0.25) is 0 Å². The third-order valence-electron chi connectivity index (χ3n) is 4.87. The number of H-pyrrole nitrogens is 1. The van der Waals surface area contributed by atoms with Crippen LogP contribution in [0.1, 0.15) is 24.0 Å². The predicted octanol–water partition coefficient (Wildman–Crippen LogP) is 5.45. The Hall–Kier alpha value is -2.54. The van der Waals surface area contributed by atoms with Crippen LogP contribution in [0, 0.1) is 0 Å². The van der Waals surface area contributed by atoms with Gasteiger partial charge in [0.15, 0.2) is 0 Å².